The lowest BCUT2D eigenvalue weighted by Gasteiger charge is -2.14. The summed E-state index contributed by atoms with van der Waals surface area (Å²) in [4.78, 5) is 16.1. The topological polar surface area (TPSA) is 107 Å². The minimum absolute atomic E-state index is 0.125. The van der Waals surface area contributed by atoms with Crippen LogP contribution >= 0.6 is 0 Å². The van der Waals surface area contributed by atoms with Gasteiger partial charge in [0.2, 0.25) is 5.75 Å². The van der Waals surface area contributed by atoms with Crippen molar-refractivity contribution in [2.75, 3.05) is 21.3 Å². The first-order valence-corrected chi connectivity index (χ1v) is 7.39. The van der Waals surface area contributed by atoms with E-state index in [9.17, 15) is 9.90 Å². The smallest absolute Gasteiger partial charge is 0.336 e. The Morgan fingerprint density at radius 3 is 2.24 bits per heavy atom. The van der Waals surface area contributed by atoms with E-state index < -0.39 is 5.97 Å². The van der Waals surface area contributed by atoms with Crippen LogP contribution in [-0.2, 0) is 0 Å². The zero-order chi connectivity index (χ0) is 18.1. The van der Waals surface area contributed by atoms with E-state index in [0.29, 0.717) is 45.2 Å². The molecule has 8 heteroatoms. The van der Waals surface area contributed by atoms with Gasteiger partial charge in [0.25, 0.3) is 0 Å². The van der Waals surface area contributed by atoms with Gasteiger partial charge >= 0.3 is 5.97 Å². The Bertz CT molecular complexity index is 939. The van der Waals surface area contributed by atoms with Crippen LogP contribution in [0.5, 0.6) is 17.2 Å². The van der Waals surface area contributed by atoms with Gasteiger partial charge in [-0.2, -0.15) is 5.10 Å². The molecule has 0 spiro atoms. The van der Waals surface area contributed by atoms with Crippen LogP contribution < -0.4 is 14.2 Å². The van der Waals surface area contributed by atoms with Crippen molar-refractivity contribution in [3.05, 3.63) is 29.5 Å². The summed E-state index contributed by atoms with van der Waals surface area (Å²) in [7, 11) is 4.54. The van der Waals surface area contributed by atoms with Crippen LogP contribution in [0.1, 0.15) is 16.1 Å². The average Bonchev–Trinajstić information content (AvgIpc) is 3.00. The summed E-state index contributed by atoms with van der Waals surface area (Å²) in [6.45, 7) is 1.75. The highest BCUT2D eigenvalue weighted by Gasteiger charge is 2.19. The molecule has 0 radical (unpaired) electrons. The molecule has 1 aromatic carbocycles. The number of hydrogen-bond acceptors (Lipinski definition) is 6. The summed E-state index contributed by atoms with van der Waals surface area (Å²) >= 11 is 0. The Kier molecular flexibility index (Phi) is 4.18. The van der Waals surface area contributed by atoms with Gasteiger partial charge in [-0.1, -0.05) is 0 Å². The fraction of sp³-hybridized carbons (Fsp3) is 0.235. The number of benzene rings is 1. The van der Waals surface area contributed by atoms with Gasteiger partial charge in [-0.15, -0.1) is 0 Å². The number of carbonyl (C=O) groups is 1. The maximum atomic E-state index is 11.7. The summed E-state index contributed by atoms with van der Waals surface area (Å²) in [6.07, 6.45) is 0. The number of aromatic nitrogens is 3. The first-order valence-electron chi connectivity index (χ1n) is 7.39. The van der Waals surface area contributed by atoms with E-state index in [1.54, 1.807) is 19.1 Å². The molecule has 25 heavy (non-hydrogen) atoms. The minimum atomic E-state index is -1.05. The number of aromatic carboxylic acids is 1. The normalized spacial score (nSPS) is 10.7. The Labute approximate surface area is 143 Å². The SMILES string of the molecule is COc1cc(-c2cc(C(=O)O)c3c(C)[nH]nc3n2)cc(OC)c1OC. The molecule has 3 rings (SSSR count). The third-order valence-electron chi connectivity index (χ3n) is 3.90. The molecular formula is C17H17N3O5. The molecule has 0 fully saturated rings. The zero-order valence-electron chi connectivity index (χ0n) is 14.2. The number of carboxylic acid groups (broad SMARTS) is 1. The number of hydrogen-bond donors (Lipinski definition) is 2. The van der Waals surface area contributed by atoms with Crippen LogP contribution in [0.25, 0.3) is 22.3 Å². The number of nitrogens with one attached hydrogen (secondary N) is 1. The number of fused-ring (bicyclic) bond motifs is 1. The molecule has 130 valence electrons. The maximum Gasteiger partial charge on any atom is 0.336 e. The summed E-state index contributed by atoms with van der Waals surface area (Å²) in [5.74, 6) is 0.303. The molecule has 8 nitrogen and oxygen atoms in total. The minimum Gasteiger partial charge on any atom is -0.493 e. The first kappa shape index (κ1) is 16.6. The molecule has 2 N–H and O–H groups in total. The standard InChI is InChI=1S/C17H17N3O5/c1-8-14-10(17(21)22)7-11(18-16(14)20-19-8)9-5-12(23-2)15(25-4)13(6-9)24-3/h5-7H,1-4H3,(H,21,22)(H,18,19,20). The number of methoxy groups -OCH3 is 3. The summed E-state index contributed by atoms with van der Waals surface area (Å²) in [5.41, 5.74) is 2.17. The first-order chi connectivity index (χ1) is 12.0. The van der Waals surface area contributed by atoms with E-state index in [2.05, 4.69) is 15.2 Å². The van der Waals surface area contributed by atoms with Crippen molar-refractivity contribution in [3.63, 3.8) is 0 Å². The van der Waals surface area contributed by atoms with Gasteiger partial charge in [0, 0.05) is 11.3 Å². The molecule has 0 aliphatic rings. The van der Waals surface area contributed by atoms with Gasteiger partial charge < -0.3 is 19.3 Å². The van der Waals surface area contributed by atoms with Gasteiger partial charge in [0.05, 0.1) is 38.0 Å². The molecule has 3 aromatic rings. The quantitative estimate of drug-likeness (QED) is 0.733. The highest BCUT2D eigenvalue weighted by atomic mass is 16.5. The fourth-order valence-corrected chi connectivity index (χ4v) is 2.72. The molecule has 0 unspecified atom stereocenters. The van der Waals surface area contributed by atoms with Gasteiger partial charge in [-0.3, -0.25) is 5.10 Å². The van der Waals surface area contributed by atoms with Crippen molar-refractivity contribution < 1.29 is 24.1 Å². The molecule has 0 bridgehead atoms. The van der Waals surface area contributed by atoms with Gasteiger partial charge in [-0.05, 0) is 25.1 Å². The van der Waals surface area contributed by atoms with Crippen molar-refractivity contribution in [2.45, 2.75) is 6.92 Å². The Balaban J connectivity index is 2.28. The van der Waals surface area contributed by atoms with Crippen LogP contribution in [0, 0.1) is 6.92 Å². The molecule has 2 heterocycles. The van der Waals surface area contributed by atoms with Gasteiger partial charge in [0.1, 0.15) is 0 Å². The lowest BCUT2D eigenvalue weighted by Crippen LogP contribution is -2.01. The van der Waals surface area contributed by atoms with E-state index in [1.807, 2.05) is 0 Å². The van der Waals surface area contributed by atoms with E-state index >= 15 is 0 Å². The average molecular weight is 343 g/mol. The van der Waals surface area contributed by atoms with Crippen LogP contribution in [-0.4, -0.2) is 47.6 Å². The number of carboxylic acids is 1. The predicted molar refractivity (Wildman–Crippen MR) is 90.7 cm³/mol. The highest BCUT2D eigenvalue weighted by Crippen LogP contribution is 2.41. The number of aromatic amines is 1. The highest BCUT2D eigenvalue weighted by molar-refractivity contribution is 6.03. The molecule has 0 atom stereocenters. The Morgan fingerprint density at radius 1 is 1.08 bits per heavy atom. The molecule has 0 saturated heterocycles. The molecule has 0 amide bonds. The van der Waals surface area contributed by atoms with Crippen LogP contribution in [0.15, 0.2) is 18.2 Å². The van der Waals surface area contributed by atoms with E-state index in [4.69, 9.17) is 14.2 Å². The lowest BCUT2D eigenvalue weighted by molar-refractivity contribution is 0.0699. The third kappa shape index (κ3) is 2.71. The fourth-order valence-electron chi connectivity index (χ4n) is 2.72. The molecule has 0 saturated carbocycles. The summed E-state index contributed by atoms with van der Waals surface area (Å²) in [5, 5.41) is 16.9. The van der Waals surface area contributed by atoms with E-state index in [1.165, 1.54) is 27.4 Å². The van der Waals surface area contributed by atoms with Crippen LogP contribution in [0.3, 0.4) is 0 Å². The second kappa shape index (κ2) is 6.31. The monoisotopic (exact) mass is 343 g/mol. The van der Waals surface area contributed by atoms with Crippen molar-refractivity contribution in [3.8, 4) is 28.5 Å². The molecule has 2 aromatic heterocycles. The number of rotatable bonds is 5. The number of aryl methyl sites for hydroxylation is 1. The summed E-state index contributed by atoms with van der Waals surface area (Å²) < 4.78 is 16.0. The van der Waals surface area contributed by atoms with Crippen molar-refractivity contribution in [1.29, 1.82) is 0 Å². The van der Waals surface area contributed by atoms with Gasteiger partial charge in [0.15, 0.2) is 17.1 Å². The third-order valence-corrected chi connectivity index (χ3v) is 3.90. The number of H-pyrrole nitrogens is 1. The largest absolute Gasteiger partial charge is 0.493 e. The molecule has 0 aliphatic heterocycles. The van der Waals surface area contributed by atoms with E-state index in [-0.39, 0.29) is 5.56 Å². The molecular weight excluding hydrogens is 326 g/mol. The predicted octanol–water partition coefficient (Wildman–Crippen LogP) is 2.66. The maximum absolute atomic E-state index is 11.7. The summed E-state index contributed by atoms with van der Waals surface area (Å²) in [6, 6.07) is 4.93. The van der Waals surface area contributed by atoms with E-state index in [0.717, 1.165) is 0 Å². The second-order valence-corrected chi connectivity index (χ2v) is 5.32. The van der Waals surface area contributed by atoms with Gasteiger partial charge in [-0.25, -0.2) is 9.78 Å². The number of nitrogens with zero attached hydrogens (tertiary/aromatic N) is 2. The molecule has 0 aliphatic carbocycles. The van der Waals surface area contributed by atoms with Crippen molar-refractivity contribution in [2.24, 2.45) is 0 Å². The van der Waals surface area contributed by atoms with Crippen LogP contribution in [0.2, 0.25) is 0 Å². The second-order valence-electron chi connectivity index (χ2n) is 5.32. The zero-order valence-corrected chi connectivity index (χ0v) is 14.2. The lowest BCUT2D eigenvalue weighted by atomic mass is 10.0. The van der Waals surface area contributed by atoms with Crippen molar-refractivity contribution in [1.82, 2.24) is 15.2 Å². The Morgan fingerprint density at radius 2 is 1.72 bits per heavy atom. The van der Waals surface area contributed by atoms with Crippen LogP contribution in [0.4, 0.5) is 0 Å². The Hall–Kier alpha value is -3.29. The van der Waals surface area contributed by atoms with Crippen molar-refractivity contribution >= 4 is 17.0 Å². The number of ether oxygens (including phenoxy) is 3. The number of pyridine rings is 1.